The Morgan fingerprint density at radius 1 is 0.936 bits per heavy atom. The molecule has 1 amide bonds. The molecule has 47 heavy (non-hydrogen) atoms. The van der Waals surface area contributed by atoms with Crippen molar-refractivity contribution in [3.8, 4) is 0 Å². The number of rotatable bonds is 11. The monoisotopic (exact) mass is 666 g/mol. The van der Waals surface area contributed by atoms with E-state index in [1.807, 2.05) is 18.2 Å². The topological polar surface area (TPSA) is 91.0 Å². The van der Waals surface area contributed by atoms with Gasteiger partial charge in [-0.05, 0) is 144 Å². The number of benzene rings is 2. The van der Waals surface area contributed by atoms with Crippen LogP contribution in [0.3, 0.4) is 0 Å². The number of methoxy groups -OCH3 is 1. The van der Waals surface area contributed by atoms with Crippen molar-refractivity contribution >= 4 is 21.6 Å². The van der Waals surface area contributed by atoms with Gasteiger partial charge in [-0.25, -0.2) is 17.6 Å². The molecule has 2 saturated heterocycles. The van der Waals surface area contributed by atoms with E-state index < -0.39 is 9.84 Å². The predicted octanol–water partition coefficient (Wildman–Crippen LogP) is 5.98. The smallest absolute Gasteiger partial charge is 0.407 e. The van der Waals surface area contributed by atoms with Crippen LogP contribution in [0, 0.1) is 17.7 Å². The summed E-state index contributed by atoms with van der Waals surface area (Å²) in [5.74, 6) is 0.408. The predicted molar refractivity (Wildman–Crippen MR) is 182 cm³/mol. The average Bonchev–Trinajstić information content (AvgIpc) is 3.67. The zero-order valence-corrected chi connectivity index (χ0v) is 28.5. The number of nitrogens with one attached hydrogen (secondary N) is 2. The van der Waals surface area contributed by atoms with Gasteiger partial charge in [0.15, 0.2) is 9.84 Å². The number of anilines is 1. The second-order valence-corrected chi connectivity index (χ2v) is 17.1. The number of halogens is 1. The van der Waals surface area contributed by atoms with Crippen LogP contribution in [-0.2, 0) is 20.0 Å². The summed E-state index contributed by atoms with van der Waals surface area (Å²) in [6.45, 7) is 5.10. The molecule has 7 rings (SSSR count). The van der Waals surface area contributed by atoms with Crippen molar-refractivity contribution in [3.05, 3.63) is 59.9 Å². The van der Waals surface area contributed by atoms with Crippen LogP contribution in [0.5, 0.6) is 0 Å². The molecule has 1 unspecified atom stereocenters. The molecule has 2 aliphatic heterocycles. The van der Waals surface area contributed by atoms with Crippen LogP contribution in [0.1, 0.15) is 76.2 Å². The quantitative estimate of drug-likeness (QED) is 0.305. The number of piperidine rings is 1. The summed E-state index contributed by atoms with van der Waals surface area (Å²) in [7, 11) is -1.74. The first kappa shape index (κ1) is 32.8. The Morgan fingerprint density at radius 3 is 2.36 bits per heavy atom. The summed E-state index contributed by atoms with van der Waals surface area (Å²) in [4.78, 5) is 18.1. The van der Waals surface area contributed by atoms with E-state index in [0.29, 0.717) is 22.9 Å². The molecule has 5 aliphatic rings. The molecule has 3 aliphatic carbocycles. The van der Waals surface area contributed by atoms with Crippen LogP contribution in [-0.4, -0.2) is 87.5 Å². The van der Waals surface area contributed by atoms with Gasteiger partial charge in [0.2, 0.25) is 0 Å². The summed E-state index contributed by atoms with van der Waals surface area (Å²) in [5, 5.41) is 6.69. The number of ether oxygens (including phenoxy) is 1. The number of amides is 1. The van der Waals surface area contributed by atoms with Gasteiger partial charge in [-0.3, -0.25) is 0 Å². The highest BCUT2D eigenvalue weighted by molar-refractivity contribution is 7.92. The molecule has 2 aromatic rings. The standard InChI is InChI=1S/C37H51FN4O4S/c1-46-36(43)40-35-8-3-7-34(35)37(25-41-19-4-20-41,27-5-2-6-28(38)23-27)26-17-21-42(22-18-26)31-12-9-30(24-31)39-29-10-13-32(14-11-29)47(44,45)33-15-16-33/h2,5-6,10-11,13-14,23,26,30-31,33-35,39H,3-4,7-9,12,15-22,24-25H2,1H3,(H,40,43)/t30-,31?,34+,35+,37+/m1/s1. The first-order valence-electron chi connectivity index (χ1n) is 17.9. The van der Waals surface area contributed by atoms with E-state index in [2.05, 4.69) is 26.5 Å². The highest BCUT2D eigenvalue weighted by Gasteiger charge is 2.53. The third-order valence-electron chi connectivity index (χ3n) is 12.2. The Hall–Kier alpha value is -2.69. The summed E-state index contributed by atoms with van der Waals surface area (Å²) in [6, 6.07) is 15.6. The minimum Gasteiger partial charge on any atom is -0.453 e. The molecule has 2 aromatic carbocycles. The van der Waals surface area contributed by atoms with Gasteiger partial charge >= 0.3 is 6.09 Å². The third-order valence-corrected chi connectivity index (χ3v) is 14.4. The lowest BCUT2D eigenvalue weighted by Gasteiger charge is -2.54. The molecule has 0 aromatic heterocycles. The fraction of sp³-hybridized carbons (Fsp3) is 0.649. The fourth-order valence-corrected chi connectivity index (χ4v) is 11.1. The number of hydrogen-bond donors (Lipinski definition) is 2. The van der Waals surface area contributed by atoms with Crippen molar-refractivity contribution in [2.75, 3.05) is 45.2 Å². The highest BCUT2D eigenvalue weighted by Crippen LogP contribution is 2.52. The summed E-state index contributed by atoms with van der Waals surface area (Å²) in [6.07, 6.45) is 10.8. The van der Waals surface area contributed by atoms with E-state index in [9.17, 15) is 17.6 Å². The van der Waals surface area contributed by atoms with Crippen molar-refractivity contribution in [1.82, 2.24) is 15.1 Å². The first-order chi connectivity index (χ1) is 22.8. The van der Waals surface area contributed by atoms with Crippen molar-refractivity contribution in [1.29, 1.82) is 0 Å². The fourth-order valence-electron chi connectivity index (χ4n) is 9.49. The maximum absolute atomic E-state index is 15.0. The molecule has 10 heteroatoms. The second-order valence-electron chi connectivity index (χ2n) is 14.8. The molecule has 0 spiro atoms. The van der Waals surface area contributed by atoms with E-state index in [1.54, 1.807) is 24.3 Å². The maximum atomic E-state index is 15.0. The molecule has 5 atom stereocenters. The van der Waals surface area contributed by atoms with Crippen LogP contribution in [0.4, 0.5) is 14.9 Å². The number of nitrogens with zero attached hydrogens (tertiary/aromatic N) is 2. The zero-order valence-electron chi connectivity index (χ0n) is 27.7. The van der Waals surface area contributed by atoms with Crippen LogP contribution in [0.2, 0.25) is 0 Å². The third kappa shape index (κ3) is 6.79. The van der Waals surface area contributed by atoms with Gasteiger partial charge in [0, 0.05) is 35.8 Å². The van der Waals surface area contributed by atoms with Crippen molar-refractivity contribution in [2.45, 2.75) is 104 Å². The number of likely N-dealkylation sites (tertiary alicyclic amines) is 2. The molecule has 0 radical (unpaired) electrons. The number of carbonyl (C=O) groups is 1. The van der Waals surface area contributed by atoms with Crippen molar-refractivity contribution < 1.29 is 22.3 Å². The SMILES string of the molecule is COC(=O)N[C@H]1CCC[C@@H]1[C@](CN1CCC1)(c1cccc(F)c1)C1CCN(C2CC[C@@H](Nc3ccc(S(=O)(=O)C4CC4)cc3)C2)CC1. The van der Waals surface area contributed by atoms with Crippen LogP contribution >= 0.6 is 0 Å². The van der Waals surface area contributed by atoms with Gasteiger partial charge in [-0.15, -0.1) is 0 Å². The van der Waals surface area contributed by atoms with Crippen LogP contribution in [0.25, 0.3) is 0 Å². The van der Waals surface area contributed by atoms with Gasteiger partial charge in [0.05, 0.1) is 17.3 Å². The van der Waals surface area contributed by atoms with Gasteiger partial charge in [-0.1, -0.05) is 18.6 Å². The lowest BCUT2D eigenvalue weighted by atomic mass is 9.57. The summed E-state index contributed by atoms with van der Waals surface area (Å²) >= 11 is 0. The lowest BCUT2D eigenvalue weighted by molar-refractivity contribution is 0.0180. The Kier molecular flexibility index (Phi) is 9.55. The van der Waals surface area contributed by atoms with Gasteiger partial charge in [0.1, 0.15) is 5.82 Å². The first-order valence-corrected chi connectivity index (χ1v) is 19.5. The number of sulfone groups is 1. The minimum absolute atomic E-state index is 0.00886. The molecule has 256 valence electrons. The maximum Gasteiger partial charge on any atom is 0.407 e. The zero-order chi connectivity index (χ0) is 32.6. The summed E-state index contributed by atoms with van der Waals surface area (Å²) < 4.78 is 45.2. The van der Waals surface area contributed by atoms with E-state index >= 15 is 0 Å². The van der Waals surface area contributed by atoms with Gasteiger partial charge in [-0.2, -0.15) is 0 Å². The van der Waals surface area contributed by atoms with Crippen molar-refractivity contribution in [3.63, 3.8) is 0 Å². The molecule has 5 fully saturated rings. The average molecular weight is 667 g/mol. The van der Waals surface area contributed by atoms with Gasteiger partial charge in [0.25, 0.3) is 0 Å². The number of alkyl carbamates (subject to hydrolysis) is 1. The molecular formula is C37H51FN4O4S. The molecule has 3 saturated carbocycles. The molecule has 8 nitrogen and oxygen atoms in total. The Bertz CT molecular complexity index is 1510. The summed E-state index contributed by atoms with van der Waals surface area (Å²) in [5.41, 5.74) is 1.82. The molecular weight excluding hydrogens is 615 g/mol. The van der Waals surface area contributed by atoms with Crippen LogP contribution in [0.15, 0.2) is 53.4 Å². The van der Waals surface area contributed by atoms with E-state index in [1.165, 1.54) is 13.5 Å². The normalized spacial score (nSPS) is 28.8. The molecule has 2 N–H and O–H groups in total. The lowest BCUT2D eigenvalue weighted by Crippen LogP contribution is -2.59. The van der Waals surface area contributed by atoms with E-state index in [-0.39, 0.29) is 34.5 Å². The number of carbonyl (C=O) groups excluding carboxylic acids is 1. The number of hydrogen-bond acceptors (Lipinski definition) is 7. The van der Waals surface area contributed by atoms with Crippen LogP contribution < -0.4 is 10.6 Å². The minimum atomic E-state index is -3.17. The van der Waals surface area contributed by atoms with E-state index in [4.69, 9.17) is 4.74 Å². The Labute approximate surface area is 279 Å². The Morgan fingerprint density at radius 2 is 1.70 bits per heavy atom. The second kappa shape index (κ2) is 13.7. The largest absolute Gasteiger partial charge is 0.453 e. The van der Waals surface area contributed by atoms with Gasteiger partial charge < -0.3 is 25.2 Å². The Balaban J connectivity index is 1.05. The molecule has 0 bridgehead atoms. The highest BCUT2D eigenvalue weighted by atomic mass is 32.2. The molecule has 2 heterocycles. The van der Waals surface area contributed by atoms with E-state index in [0.717, 1.165) is 108 Å². The van der Waals surface area contributed by atoms with Crippen molar-refractivity contribution in [2.24, 2.45) is 11.8 Å².